The van der Waals surface area contributed by atoms with Gasteiger partial charge in [-0.2, -0.15) is 0 Å². The Kier molecular flexibility index (Phi) is 59.0. The van der Waals surface area contributed by atoms with Crippen LogP contribution in [0.4, 0.5) is 0 Å². The van der Waals surface area contributed by atoms with Gasteiger partial charge in [-0.05, 0) is 37.5 Å². The minimum Gasteiger partial charge on any atom is -0.462 e. The summed E-state index contributed by atoms with van der Waals surface area (Å²) >= 11 is 0. The van der Waals surface area contributed by atoms with Crippen LogP contribution in [-0.2, 0) is 65.4 Å². The average molecular weight is 1280 g/mol. The van der Waals surface area contributed by atoms with Gasteiger partial charge in [-0.15, -0.1) is 0 Å². The number of esters is 4. The third-order valence-corrected chi connectivity index (χ3v) is 17.6. The fourth-order valence-corrected chi connectivity index (χ4v) is 11.8. The van der Waals surface area contributed by atoms with Crippen LogP contribution in [0.15, 0.2) is 0 Å². The second kappa shape index (κ2) is 60.3. The van der Waals surface area contributed by atoms with Crippen LogP contribution < -0.4 is 0 Å². The van der Waals surface area contributed by atoms with E-state index in [2.05, 4.69) is 41.5 Å². The minimum absolute atomic E-state index is 0.104. The number of phosphoric acid groups is 2. The molecule has 0 fully saturated rings. The zero-order valence-corrected chi connectivity index (χ0v) is 58.1. The summed E-state index contributed by atoms with van der Waals surface area (Å²) < 4.78 is 68.1. The Morgan fingerprint density at radius 2 is 0.529 bits per heavy atom. The molecule has 0 aromatic carbocycles. The van der Waals surface area contributed by atoms with Gasteiger partial charge in [0.15, 0.2) is 12.2 Å². The van der Waals surface area contributed by atoms with Gasteiger partial charge in [-0.1, -0.05) is 292 Å². The zero-order chi connectivity index (χ0) is 64.3. The molecule has 3 N–H and O–H groups in total. The maximum atomic E-state index is 13.0. The van der Waals surface area contributed by atoms with Crippen molar-refractivity contribution in [3.05, 3.63) is 0 Å². The molecule has 516 valence electrons. The lowest BCUT2D eigenvalue weighted by Gasteiger charge is -2.21. The summed E-state index contributed by atoms with van der Waals surface area (Å²) in [5.74, 6) is -0.646. The van der Waals surface area contributed by atoms with Crippen LogP contribution in [-0.4, -0.2) is 96.7 Å². The number of rotatable bonds is 67. The number of aliphatic hydroxyl groups excluding tert-OH is 1. The molecule has 0 rings (SSSR count). The van der Waals surface area contributed by atoms with Gasteiger partial charge in [-0.3, -0.25) is 37.3 Å². The van der Waals surface area contributed by atoms with Crippen molar-refractivity contribution >= 4 is 39.5 Å². The lowest BCUT2D eigenvalue weighted by Crippen LogP contribution is -2.30. The SMILES string of the molecule is CCCCCCCCCCCCCC(=O)OC[C@H](COP(=O)(O)OC[C@@H](O)COP(=O)(O)OC[C@@H](COC(=O)CCCCCCCCCCCC)OC(=O)CCCCCCCCCC(C)C)OC(=O)CCCCCCCCCCCCCCCC(C)C. The van der Waals surface area contributed by atoms with E-state index in [0.717, 1.165) is 95.8 Å². The Morgan fingerprint density at radius 1 is 0.310 bits per heavy atom. The first-order valence-corrected chi connectivity index (χ1v) is 38.5. The maximum absolute atomic E-state index is 13.0. The van der Waals surface area contributed by atoms with E-state index in [4.69, 9.17) is 37.0 Å². The van der Waals surface area contributed by atoms with E-state index in [9.17, 15) is 43.2 Å². The van der Waals surface area contributed by atoms with Gasteiger partial charge in [0.05, 0.1) is 26.4 Å². The topological polar surface area (TPSA) is 237 Å². The Labute approximate surface area is 530 Å². The Hall–Kier alpha value is -1.94. The Bertz CT molecular complexity index is 1700. The molecule has 0 spiro atoms. The molecule has 0 aliphatic carbocycles. The molecule has 19 heteroatoms. The molecule has 0 aliphatic heterocycles. The molecular weight excluding hydrogens is 1150 g/mol. The highest BCUT2D eigenvalue weighted by molar-refractivity contribution is 7.47. The first-order valence-electron chi connectivity index (χ1n) is 35.5. The molecule has 17 nitrogen and oxygen atoms in total. The number of hydrogen-bond donors (Lipinski definition) is 3. The summed E-state index contributed by atoms with van der Waals surface area (Å²) in [6.07, 6.45) is 44.4. The highest BCUT2D eigenvalue weighted by Gasteiger charge is 2.30. The van der Waals surface area contributed by atoms with Gasteiger partial charge in [-0.25, -0.2) is 9.13 Å². The fourth-order valence-electron chi connectivity index (χ4n) is 10.2. The summed E-state index contributed by atoms with van der Waals surface area (Å²) in [4.78, 5) is 72.4. The van der Waals surface area contributed by atoms with Gasteiger partial charge < -0.3 is 33.8 Å². The van der Waals surface area contributed by atoms with E-state index in [-0.39, 0.29) is 25.7 Å². The minimum atomic E-state index is -4.95. The van der Waals surface area contributed by atoms with Crippen molar-refractivity contribution < 1.29 is 80.2 Å². The molecule has 0 aromatic heterocycles. The van der Waals surface area contributed by atoms with Crippen molar-refractivity contribution in [1.29, 1.82) is 0 Å². The van der Waals surface area contributed by atoms with Crippen molar-refractivity contribution in [1.82, 2.24) is 0 Å². The fraction of sp³-hybridized carbons (Fsp3) is 0.941. The van der Waals surface area contributed by atoms with Crippen molar-refractivity contribution in [2.45, 2.75) is 362 Å². The summed E-state index contributed by atoms with van der Waals surface area (Å²) in [7, 11) is -9.89. The zero-order valence-electron chi connectivity index (χ0n) is 56.3. The largest absolute Gasteiger partial charge is 0.472 e. The van der Waals surface area contributed by atoms with Crippen molar-refractivity contribution in [3.63, 3.8) is 0 Å². The number of phosphoric ester groups is 2. The molecule has 0 aromatic rings. The van der Waals surface area contributed by atoms with Crippen LogP contribution in [0.5, 0.6) is 0 Å². The lowest BCUT2D eigenvalue weighted by atomic mass is 10.0. The van der Waals surface area contributed by atoms with E-state index in [1.807, 2.05) is 0 Å². The van der Waals surface area contributed by atoms with Gasteiger partial charge in [0.2, 0.25) is 0 Å². The third-order valence-electron chi connectivity index (χ3n) is 15.7. The van der Waals surface area contributed by atoms with Crippen LogP contribution in [0.25, 0.3) is 0 Å². The maximum Gasteiger partial charge on any atom is 0.472 e. The van der Waals surface area contributed by atoms with Crippen molar-refractivity contribution in [2.75, 3.05) is 39.6 Å². The molecule has 87 heavy (non-hydrogen) atoms. The number of unbranched alkanes of at least 4 members (excludes halogenated alkanes) is 37. The molecule has 0 heterocycles. The van der Waals surface area contributed by atoms with Crippen molar-refractivity contribution in [2.24, 2.45) is 11.8 Å². The highest BCUT2D eigenvalue weighted by atomic mass is 31.2. The molecule has 0 bridgehead atoms. The average Bonchev–Trinajstić information content (AvgIpc) is 3.54. The molecule has 0 amide bonds. The molecule has 2 unspecified atom stereocenters. The monoisotopic (exact) mass is 1280 g/mol. The number of aliphatic hydroxyl groups is 1. The van der Waals surface area contributed by atoms with E-state index >= 15 is 0 Å². The molecular formula is C68H132O17P2. The highest BCUT2D eigenvalue weighted by Crippen LogP contribution is 2.45. The van der Waals surface area contributed by atoms with Crippen LogP contribution in [0.3, 0.4) is 0 Å². The predicted molar refractivity (Wildman–Crippen MR) is 349 cm³/mol. The second-order valence-electron chi connectivity index (χ2n) is 25.5. The number of hydrogen-bond acceptors (Lipinski definition) is 15. The molecule has 5 atom stereocenters. The van der Waals surface area contributed by atoms with E-state index in [0.29, 0.717) is 31.6 Å². The van der Waals surface area contributed by atoms with Gasteiger partial charge >= 0.3 is 39.5 Å². The summed E-state index contributed by atoms with van der Waals surface area (Å²) in [5.41, 5.74) is 0. The second-order valence-corrected chi connectivity index (χ2v) is 28.4. The number of carbonyl (C=O) groups excluding carboxylic acids is 4. The molecule has 0 saturated heterocycles. The summed E-state index contributed by atoms with van der Waals surface area (Å²) in [6.45, 7) is 9.47. The van der Waals surface area contributed by atoms with Gasteiger partial charge in [0, 0.05) is 25.7 Å². The third kappa shape index (κ3) is 62.6. The molecule has 0 saturated carbocycles. The van der Waals surface area contributed by atoms with Crippen LogP contribution in [0.1, 0.15) is 343 Å². The molecule has 0 aliphatic rings. The number of carbonyl (C=O) groups is 4. The van der Waals surface area contributed by atoms with Crippen molar-refractivity contribution in [3.8, 4) is 0 Å². The van der Waals surface area contributed by atoms with Crippen LogP contribution in [0, 0.1) is 11.8 Å². The first kappa shape index (κ1) is 85.1. The number of ether oxygens (including phenoxy) is 4. The predicted octanol–water partition coefficient (Wildman–Crippen LogP) is 19.2. The van der Waals surface area contributed by atoms with E-state index in [1.165, 1.54) is 161 Å². The van der Waals surface area contributed by atoms with E-state index < -0.39 is 97.5 Å². The van der Waals surface area contributed by atoms with Crippen LogP contribution in [0.2, 0.25) is 0 Å². The van der Waals surface area contributed by atoms with Gasteiger partial charge in [0.25, 0.3) is 0 Å². The summed E-state index contributed by atoms with van der Waals surface area (Å²) in [5, 5.41) is 10.6. The first-order chi connectivity index (χ1) is 41.9. The standard InChI is InChI=1S/C68H132O17P2/c1-7-9-11-13-15-17-22-27-33-39-45-51-66(71)79-56-63(84-67(72)52-46-40-34-28-24-21-19-20-23-25-30-36-42-48-60(3)4)58-82-86(74,75)80-54-62(69)55-81-87(76,77)83-59-64(85-68(73)53-47-41-35-29-31-37-43-49-61(5)6)57-78-65(70)50-44-38-32-26-18-16-14-12-10-8-2/h60-64,69H,7-59H2,1-6H3,(H,74,75)(H,76,77)/t62-,63-,64-/m1/s1. The van der Waals surface area contributed by atoms with Crippen LogP contribution >= 0.6 is 15.6 Å². The smallest absolute Gasteiger partial charge is 0.462 e. The molecule has 0 radical (unpaired) electrons. The Balaban J connectivity index is 5.23. The van der Waals surface area contributed by atoms with E-state index in [1.54, 1.807) is 0 Å². The Morgan fingerprint density at radius 3 is 0.782 bits per heavy atom. The van der Waals surface area contributed by atoms with Gasteiger partial charge in [0.1, 0.15) is 19.3 Å². The lowest BCUT2D eigenvalue weighted by molar-refractivity contribution is -0.161. The normalized spacial score (nSPS) is 14.2. The summed E-state index contributed by atoms with van der Waals surface area (Å²) in [6, 6.07) is 0. The quantitative estimate of drug-likeness (QED) is 0.0222.